The highest BCUT2D eigenvalue weighted by Crippen LogP contribution is 2.18. The fourth-order valence-electron chi connectivity index (χ4n) is 3.35. The summed E-state index contributed by atoms with van der Waals surface area (Å²) in [6.07, 6.45) is 2.60. The average molecular weight is 367 g/mol. The van der Waals surface area contributed by atoms with Gasteiger partial charge in [0, 0.05) is 13.1 Å². The quantitative estimate of drug-likeness (QED) is 0.807. The van der Waals surface area contributed by atoms with Crippen LogP contribution < -0.4 is 10.1 Å². The average Bonchev–Trinajstić information content (AvgIpc) is 2.68. The number of aryl methyl sites for hydroxylation is 1. The predicted octanol–water partition coefficient (Wildman–Crippen LogP) is 3.92. The molecule has 0 saturated carbocycles. The van der Waals surface area contributed by atoms with Gasteiger partial charge in [0.1, 0.15) is 5.75 Å². The zero-order chi connectivity index (χ0) is 19.1. The number of amides is 1. The minimum atomic E-state index is -0.108. The molecule has 1 heterocycles. The first-order chi connectivity index (χ1) is 13.1. The molecule has 0 spiro atoms. The summed E-state index contributed by atoms with van der Waals surface area (Å²) in [7, 11) is 0. The molecule has 1 aliphatic rings. The van der Waals surface area contributed by atoms with Gasteiger partial charge < -0.3 is 10.1 Å². The number of likely N-dealkylation sites (tertiary alicyclic amines) is 1. The van der Waals surface area contributed by atoms with E-state index in [1.165, 1.54) is 31.5 Å². The molecule has 144 valence electrons. The second kappa shape index (κ2) is 9.56. The van der Waals surface area contributed by atoms with Crippen LogP contribution in [0.3, 0.4) is 0 Å². The van der Waals surface area contributed by atoms with Gasteiger partial charge in [0.15, 0.2) is 6.61 Å². The lowest BCUT2D eigenvalue weighted by Crippen LogP contribution is -2.32. The number of hydrogen-bond donors (Lipinski definition) is 1. The van der Waals surface area contributed by atoms with Crippen LogP contribution in [0.1, 0.15) is 36.5 Å². The lowest BCUT2D eigenvalue weighted by atomic mass is 9.99. The van der Waals surface area contributed by atoms with Crippen LogP contribution in [0.2, 0.25) is 0 Å². The number of rotatable bonds is 7. The molecule has 0 aromatic heterocycles. The molecule has 2 aromatic rings. The van der Waals surface area contributed by atoms with E-state index in [-0.39, 0.29) is 12.5 Å². The Bertz CT molecular complexity index is 734. The lowest BCUT2D eigenvalue weighted by molar-refractivity contribution is -0.123. The highest BCUT2D eigenvalue weighted by molar-refractivity contribution is 5.77. The third-order valence-electron chi connectivity index (χ3n) is 5.15. The van der Waals surface area contributed by atoms with Crippen LogP contribution in [0.15, 0.2) is 48.5 Å². The molecule has 1 amide bonds. The molecule has 0 unspecified atom stereocenters. The van der Waals surface area contributed by atoms with Crippen molar-refractivity contribution in [3.63, 3.8) is 0 Å². The van der Waals surface area contributed by atoms with Gasteiger partial charge in [-0.1, -0.05) is 43.3 Å². The van der Waals surface area contributed by atoms with Crippen molar-refractivity contribution in [1.29, 1.82) is 0 Å². The van der Waals surface area contributed by atoms with Crippen molar-refractivity contribution in [2.45, 2.75) is 39.8 Å². The highest BCUT2D eigenvalue weighted by Gasteiger charge is 2.15. The lowest BCUT2D eigenvalue weighted by Gasteiger charge is -2.30. The number of piperidine rings is 1. The molecular weight excluding hydrogens is 336 g/mol. The normalized spacial score (nSPS) is 15.5. The number of nitrogens with zero attached hydrogens (tertiary/aromatic N) is 1. The zero-order valence-corrected chi connectivity index (χ0v) is 16.4. The Morgan fingerprint density at radius 2 is 1.81 bits per heavy atom. The van der Waals surface area contributed by atoms with Gasteiger partial charge in [-0.2, -0.15) is 0 Å². The molecule has 0 aliphatic carbocycles. The van der Waals surface area contributed by atoms with E-state index in [4.69, 9.17) is 4.74 Å². The highest BCUT2D eigenvalue weighted by atomic mass is 16.5. The van der Waals surface area contributed by atoms with Gasteiger partial charge in [0.05, 0.1) is 0 Å². The van der Waals surface area contributed by atoms with Crippen molar-refractivity contribution in [3.8, 4) is 5.75 Å². The Labute approximate surface area is 162 Å². The van der Waals surface area contributed by atoms with Crippen LogP contribution >= 0.6 is 0 Å². The van der Waals surface area contributed by atoms with E-state index < -0.39 is 0 Å². The monoisotopic (exact) mass is 366 g/mol. The number of hydrogen-bond acceptors (Lipinski definition) is 3. The van der Waals surface area contributed by atoms with E-state index in [1.807, 2.05) is 31.2 Å². The predicted molar refractivity (Wildman–Crippen MR) is 109 cm³/mol. The van der Waals surface area contributed by atoms with E-state index in [0.29, 0.717) is 6.54 Å². The molecule has 1 saturated heterocycles. The number of carbonyl (C=O) groups excluding carboxylic acids is 1. The summed E-state index contributed by atoms with van der Waals surface area (Å²) in [5, 5.41) is 2.92. The topological polar surface area (TPSA) is 41.6 Å². The first-order valence-electron chi connectivity index (χ1n) is 9.85. The molecule has 1 aliphatic heterocycles. The Hall–Kier alpha value is -2.33. The van der Waals surface area contributed by atoms with Crippen LogP contribution in [-0.2, 0) is 17.9 Å². The van der Waals surface area contributed by atoms with Gasteiger partial charge in [-0.3, -0.25) is 9.69 Å². The molecule has 1 N–H and O–H groups in total. The summed E-state index contributed by atoms with van der Waals surface area (Å²) >= 11 is 0. The fraction of sp³-hybridized carbons (Fsp3) is 0.435. The van der Waals surface area contributed by atoms with Crippen molar-refractivity contribution in [3.05, 3.63) is 65.2 Å². The molecule has 0 radical (unpaired) electrons. The second-order valence-electron chi connectivity index (χ2n) is 7.66. The number of ether oxygens (including phenoxy) is 1. The summed E-state index contributed by atoms with van der Waals surface area (Å²) in [4.78, 5) is 14.5. The number of benzene rings is 2. The minimum absolute atomic E-state index is 0.0366. The molecule has 4 nitrogen and oxygen atoms in total. The van der Waals surface area contributed by atoms with Gasteiger partial charge >= 0.3 is 0 Å². The summed E-state index contributed by atoms with van der Waals surface area (Å²) in [6.45, 7) is 8.31. The molecule has 2 aromatic carbocycles. The Morgan fingerprint density at radius 1 is 1.11 bits per heavy atom. The van der Waals surface area contributed by atoms with Crippen LogP contribution in [0, 0.1) is 12.8 Å². The smallest absolute Gasteiger partial charge is 0.258 e. The van der Waals surface area contributed by atoms with E-state index in [1.54, 1.807) is 0 Å². The van der Waals surface area contributed by atoms with E-state index >= 15 is 0 Å². The van der Waals surface area contributed by atoms with Crippen LogP contribution in [0.4, 0.5) is 0 Å². The van der Waals surface area contributed by atoms with Crippen LogP contribution in [0.25, 0.3) is 0 Å². The Kier molecular flexibility index (Phi) is 6.88. The first kappa shape index (κ1) is 19.4. The maximum atomic E-state index is 12.0. The maximum Gasteiger partial charge on any atom is 0.258 e. The van der Waals surface area contributed by atoms with Crippen molar-refractivity contribution >= 4 is 5.91 Å². The van der Waals surface area contributed by atoms with Crippen molar-refractivity contribution in [2.75, 3.05) is 19.7 Å². The number of carbonyl (C=O) groups is 1. The summed E-state index contributed by atoms with van der Waals surface area (Å²) in [5.74, 6) is 1.48. The molecule has 4 heteroatoms. The van der Waals surface area contributed by atoms with Crippen LogP contribution in [0.5, 0.6) is 5.75 Å². The van der Waals surface area contributed by atoms with Gasteiger partial charge in [-0.15, -0.1) is 0 Å². The van der Waals surface area contributed by atoms with E-state index in [2.05, 4.69) is 41.4 Å². The molecule has 0 bridgehead atoms. The molecule has 1 fully saturated rings. The molecule has 3 rings (SSSR count). The molecule has 0 atom stereocenters. The molecular formula is C23H30N2O2. The Balaban J connectivity index is 1.39. The standard InChI is InChI=1S/C23H30N2O2/c1-18-10-12-25(13-11-18)16-21-8-6-20(7-9-21)15-24-23(26)17-27-22-5-3-4-19(2)14-22/h3-9,14,18H,10-13,15-17H2,1-2H3,(H,24,26). The van der Waals surface area contributed by atoms with Crippen molar-refractivity contribution in [1.82, 2.24) is 10.2 Å². The second-order valence-corrected chi connectivity index (χ2v) is 7.66. The summed E-state index contributed by atoms with van der Waals surface area (Å²) in [6, 6.07) is 16.3. The Morgan fingerprint density at radius 3 is 2.52 bits per heavy atom. The van der Waals surface area contributed by atoms with Gasteiger partial charge in [-0.05, 0) is 67.6 Å². The van der Waals surface area contributed by atoms with Gasteiger partial charge in [0.2, 0.25) is 0 Å². The summed E-state index contributed by atoms with van der Waals surface area (Å²) < 4.78 is 5.53. The van der Waals surface area contributed by atoms with Crippen LogP contribution in [-0.4, -0.2) is 30.5 Å². The SMILES string of the molecule is Cc1cccc(OCC(=O)NCc2ccc(CN3CCC(C)CC3)cc2)c1. The van der Waals surface area contributed by atoms with E-state index in [9.17, 15) is 4.79 Å². The minimum Gasteiger partial charge on any atom is -0.484 e. The fourth-order valence-corrected chi connectivity index (χ4v) is 3.35. The first-order valence-corrected chi connectivity index (χ1v) is 9.85. The van der Waals surface area contributed by atoms with Gasteiger partial charge in [-0.25, -0.2) is 0 Å². The third kappa shape index (κ3) is 6.40. The number of nitrogens with one attached hydrogen (secondary N) is 1. The van der Waals surface area contributed by atoms with Gasteiger partial charge in [0.25, 0.3) is 5.91 Å². The van der Waals surface area contributed by atoms with Crippen molar-refractivity contribution in [2.24, 2.45) is 5.92 Å². The van der Waals surface area contributed by atoms with Crippen molar-refractivity contribution < 1.29 is 9.53 Å². The zero-order valence-electron chi connectivity index (χ0n) is 16.4. The largest absolute Gasteiger partial charge is 0.484 e. The summed E-state index contributed by atoms with van der Waals surface area (Å²) in [5.41, 5.74) is 3.56. The van der Waals surface area contributed by atoms with E-state index in [0.717, 1.165) is 29.3 Å². The maximum absolute atomic E-state index is 12.0. The molecule has 27 heavy (non-hydrogen) atoms. The third-order valence-corrected chi connectivity index (χ3v) is 5.15.